The topological polar surface area (TPSA) is 203 Å². The molecule has 0 spiro atoms. The van der Waals surface area contributed by atoms with Crippen LogP contribution >= 0.6 is 11.8 Å². The molecule has 1 rings (SSSR count). The van der Waals surface area contributed by atoms with E-state index in [2.05, 4.69) is 9.44 Å². The number of nitrogens with zero attached hydrogens (tertiary/aromatic N) is 1. The largest absolute Gasteiger partial charge is 1.00 e. The molecule has 4 N–H and O–H groups in total. The summed E-state index contributed by atoms with van der Waals surface area (Å²) in [6, 6.07) is 0. The number of sulfone groups is 1. The van der Waals surface area contributed by atoms with Crippen LogP contribution in [0.15, 0.2) is 5.16 Å². The van der Waals surface area contributed by atoms with Gasteiger partial charge in [0.1, 0.15) is 44.7 Å². The van der Waals surface area contributed by atoms with Gasteiger partial charge >= 0.3 is 51.4 Å². The van der Waals surface area contributed by atoms with Crippen LogP contribution in [-0.4, -0.2) is 95.3 Å². The van der Waals surface area contributed by atoms with Gasteiger partial charge in [0.25, 0.3) is 10.4 Å². The summed E-state index contributed by atoms with van der Waals surface area (Å²) in [5.74, 6) is -0.259. The molecular weight excluding hydrogens is 457 g/mol. The van der Waals surface area contributed by atoms with Gasteiger partial charge < -0.3 is 29.7 Å². The van der Waals surface area contributed by atoms with Crippen LogP contribution in [0.5, 0.6) is 0 Å². The predicted octanol–water partition coefficient (Wildman–Crippen LogP) is -5.86. The number of aliphatic hydroxyl groups excluding tert-OH is 4. The van der Waals surface area contributed by atoms with Gasteiger partial charge in [-0.05, 0) is 6.42 Å². The Bertz CT molecular complexity index is 696. The number of oxime groups is 1. The van der Waals surface area contributed by atoms with Crippen molar-refractivity contribution in [3.05, 3.63) is 0 Å². The molecule has 154 valence electrons. The number of ether oxygens (including phenoxy) is 1. The third-order valence-corrected chi connectivity index (χ3v) is 5.70. The van der Waals surface area contributed by atoms with Gasteiger partial charge in [-0.25, -0.2) is 8.42 Å². The monoisotopic (exact) mass is 477 g/mol. The third-order valence-electron chi connectivity index (χ3n) is 3.24. The second kappa shape index (κ2) is 12.1. The van der Waals surface area contributed by atoms with Crippen molar-refractivity contribution in [1.29, 1.82) is 0 Å². The summed E-state index contributed by atoms with van der Waals surface area (Å²) in [7, 11) is -8.47. The van der Waals surface area contributed by atoms with Crippen molar-refractivity contribution < 1.29 is 102 Å². The number of rotatable bonds is 8. The maximum absolute atomic E-state index is 11.2. The molecule has 1 aliphatic rings. The fraction of sp³-hybridized carbons (Fsp3) is 0.909. The minimum Gasteiger partial charge on any atom is -0.714 e. The molecular formula is C11H20KNO11S3. The molecule has 1 aliphatic heterocycles. The Morgan fingerprint density at radius 1 is 1.19 bits per heavy atom. The van der Waals surface area contributed by atoms with Crippen molar-refractivity contribution in [2.45, 2.75) is 42.7 Å². The first-order chi connectivity index (χ1) is 11.8. The van der Waals surface area contributed by atoms with Crippen molar-refractivity contribution in [3.8, 4) is 0 Å². The van der Waals surface area contributed by atoms with Gasteiger partial charge in [0.2, 0.25) is 0 Å². The first-order valence-corrected chi connectivity index (χ1v) is 11.5. The van der Waals surface area contributed by atoms with E-state index < -0.39 is 56.7 Å². The van der Waals surface area contributed by atoms with Gasteiger partial charge in [0.15, 0.2) is 0 Å². The molecule has 0 radical (unpaired) electrons. The van der Waals surface area contributed by atoms with Crippen molar-refractivity contribution in [2.75, 3.05) is 18.6 Å². The molecule has 0 aromatic heterocycles. The number of thioether (sulfide) groups is 1. The van der Waals surface area contributed by atoms with Gasteiger partial charge in [-0.2, -0.15) is 8.42 Å². The predicted molar refractivity (Wildman–Crippen MR) is 88.5 cm³/mol. The summed E-state index contributed by atoms with van der Waals surface area (Å²) < 4.78 is 62.9. The quantitative estimate of drug-likeness (QED) is 0.0644. The van der Waals surface area contributed by atoms with Crippen LogP contribution in [-0.2, 0) is 29.3 Å². The summed E-state index contributed by atoms with van der Waals surface area (Å²) in [4.78, 5) is 0. The Morgan fingerprint density at radius 3 is 2.26 bits per heavy atom. The van der Waals surface area contributed by atoms with E-state index in [9.17, 15) is 36.7 Å². The molecule has 27 heavy (non-hydrogen) atoms. The SMILES string of the molecule is CS(=O)(=O)CCC/C(=N\OS(=O)(=O)[O-])S[C@@H]1O[C@H](CO)[C@@H](O)[C@H](O)[C@H]1O.[K+]. The summed E-state index contributed by atoms with van der Waals surface area (Å²) >= 11 is 0.562. The second-order valence-corrected chi connectivity index (χ2v) is 9.91. The first-order valence-electron chi connectivity index (χ1n) is 7.20. The molecule has 0 unspecified atom stereocenters. The fourth-order valence-corrected chi connectivity index (χ4v) is 4.00. The van der Waals surface area contributed by atoms with Crippen LogP contribution < -0.4 is 51.4 Å². The van der Waals surface area contributed by atoms with Crippen LogP contribution in [0, 0.1) is 0 Å². The van der Waals surface area contributed by atoms with E-state index in [1.54, 1.807) is 0 Å². The van der Waals surface area contributed by atoms with E-state index in [4.69, 9.17) is 9.84 Å². The smallest absolute Gasteiger partial charge is 0.714 e. The molecule has 1 saturated heterocycles. The molecule has 1 heterocycles. The average molecular weight is 478 g/mol. The Morgan fingerprint density at radius 2 is 1.78 bits per heavy atom. The number of hydrogen-bond acceptors (Lipinski definition) is 13. The molecule has 0 aliphatic carbocycles. The minimum atomic E-state index is -5.16. The van der Waals surface area contributed by atoms with E-state index in [1.807, 2.05) is 0 Å². The van der Waals surface area contributed by atoms with E-state index in [0.29, 0.717) is 11.8 Å². The van der Waals surface area contributed by atoms with Crippen LogP contribution in [0.25, 0.3) is 0 Å². The van der Waals surface area contributed by atoms with Crippen molar-refractivity contribution in [3.63, 3.8) is 0 Å². The molecule has 1 fully saturated rings. The molecule has 12 nitrogen and oxygen atoms in total. The van der Waals surface area contributed by atoms with Crippen LogP contribution in [0.2, 0.25) is 0 Å². The van der Waals surface area contributed by atoms with Gasteiger partial charge in [0.05, 0.1) is 12.4 Å². The summed E-state index contributed by atoms with van der Waals surface area (Å²) in [5, 5.41) is 41.4. The summed E-state index contributed by atoms with van der Waals surface area (Å²) in [6.45, 7) is -0.673. The number of aliphatic hydroxyl groups is 4. The zero-order valence-electron chi connectivity index (χ0n) is 14.5. The maximum atomic E-state index is 11.2. The van der Waals surface area contributed by atoms with Crippen molar-refractivity contribution >= 4 is 37.0 Å². The van der Waals surface area contributed by atoms with Gasteiger partial charge in [-0.3, -0.25) is 4.28 Å². The fourth-order valence-electron chi connectivity index (χ4n) is 2.00. The summed E-state index contributed by atoms with van der Waals surface area (Å²) in [6.07, 6.45) is -5.23. The Hall–Kier alpha value is 1.12. The first kappa shape index (κ1) is 28.1. The molecule has 0 saturated carbocycles. The van der Waals surface area contributed by atoms with Crippen molar-refractivity contribution in [2.24, 2.45) is 5.16 Å². The average Bonchev–Trinajstić information content (AvgIpc) is 2.50. The Labute approximate surface area is 203 Å². The number of hydrogen-bond donors (Lipinski definition) is 4. The van der Waals surface area contributed by atoms with Crippen LogP contribution in [0.1, 0.15) is 12.8 Å². The molecule has 16 heteroatoms. The molecule has 0 aromatic rings. The normalized spacial score (nSPS) is 29.9. The molecule has 0 aromatic carbocycles. The van der Waals surface area contributed by atoms with Crippen molar-refractivity contribution in [1.82, 2.24) is 0 Å². The Balaban J connectivity index is 0.00000676. The van der Waals surface area contributed by atoms with E-state index >= 15 is 0 Å². The van der Waals surface area contributed by atoms with Gasteiger partial charge in [0, 0.05) is 12.7 Å². The van der Waals surface area contributed by atoms with E-state index in [1.165, 1.54) is 0 Å². The van der Waals surface area contributed by atoms with Gasteiger partial charge in [-0.15, -0.1) is 0 Å². The zero-order chi connectivity index (χ0) is 20.1. The van der Waals surface area contributed by atoms with E-state index in [0.717, 1.165) is 6.26 Å². The van der Waals surface area contributed by atoms with Crippen LogP contribution in [0.3, 0.4) is 0 Å². The Kier molecular flexibility index (Phi) is 12.6. The third kappa shape index (κ3) is 10.6. The second-order valence-electron chi connectivity index (χ2n) is 5.52. The maximum Gasteiger partial charge on any atom is 1.00 e. The standard InChI is InChI=1S/C11H21NO11S3.K/c1-25(17,18)4-2-3-7(12-23-26(19,20)21)24-11-10(16)9(15)8(14)6(5-13)22-11;/h6,8-11,13-16H,2-5H2,1H3,(H,19,20,21);/q;+1/p-1/b12-7+;/t6-,8-,9+,10-,11+;/m1./s1. The minimum absolute atomic E-state index is 0. The van der Waals surface area contributed by atoms with Crippen LogP contribution in [0.4, 0.5) is 0 Å². The summed E-state index contributed by atoms with van der Waals surface area (Å²) in [5.41, 5.74) is -1.29. The molecule has 0 amide bonds. The zero-order valence-corrected chi connectivity index (χ0v) is 20.1. The van der Waals surface area contributed by atoms with Gasteiger partial charge in [-0.1, -0.05) is 16.9 Å². The molecule has 5 atom stereocenters. The van der Waals surface area contributed by atoms with E-state index in [-0.39, 0.29) is 75.0 Å². The molecule has 0 bridgehead atoms.